The van der Waals surface area contributed by atoms with Crippen LogP contribution in [0.1, 0.15) is 46.0 Å². The van der Waals surface area contributed by atoms with Gasteiger partial charge < -0.3 is 10.1 Å². The number of nitrogens with one attached hydrogen (secondary N) is 1. The van der Waals surface area contributed by atoms with Crippen LogP contribution < -0.4 is 5.32 Å². The summed E-state index contributed by atoms with van der Waals surface area (Å²) < 4.78 is 5.58. The molecule has 4 nitrogen and oxygen atoms in total. The lowest BCUT2D eigenvalue weighted by atomic mass is 9.89. The molecular formula is C21H24N2O2S. The predicted molar refractivity (Wildman–Crippen MR) is 104 cm³/mol. The summed E-state index contributed by atoms with van der Waals surface area (Å²) in [4.78, 5) is 13.5. The van der Waals surface area contributed by atoms with Crippen molar-refractivity contribution < 1.29 is 9.53 Å². The molecule has 1 unspecified atom stereocenters. The van der Waals surface area contributed by atoms with E-state index in [1.165, 1.54) is 10.4 Å². The molecule has 136 valence electrons. The fourth-order valence-corrected chi connectivity index (χ4v) is 4.76. The number of hydrogen-bond acceptors (Lipinski definition) is 4. The molecule has 0 bridgehead atoms. The number of nitriles is 1. The molecule has 1 N–H and O–H groups in total. The second kappa shape index (κ2) is 8.03. The summed E-state index contributed by atoms with van der Waals surface area (Å²) in [6.07, 6.45) is 3.02. The van der Waals surface area contributed by atoms with Crippen LogP contribution in [-0.4, -0.2) is 12.5 Å². The van der Waals surface area contributed by atoms with E-state index in [-0.39, 0.29) is 12.5 Å². The van der Waals surface area contributed by atoms with Gasteiger partial charge in [0.25, 0.3) is 5.91 Å². The standard InChI is InChI=1S/C21H24N2O2S/c1-13-4-6-16(15(3)8-13)11-25-12-20(24)23-21-18(10-22)17-7-5-14(2)9-19(17)26-21/h4,6,8,14H,5,7,9,11-12H2,1-3H3,(H,23,24). The lowest BCUT2D eigenvalue weighted by molar-refractivity contribution is -0.121. The van der Waals surface area contributed by atoms with Gasteiger partial charge in [0.15, 0.2) is 0 Å². The third kappa shape index (κ3) is 4.14. The maximum absolute atomic E-state index is 12.2. The first kappa shape index (κ1) is 18.6. The van der Waals surface area contributed by atoms with Crippen molar-refractivity contribution in [3.63, 3.8) is 0 Å². The Morgan fingerprint density at radius 3 is 2.96 bits per heavy atom. The largest absolute Gasteiger partial charge is 0.367 e. The highest BCUT2D eigenvalue weighted by Gasteiger charge is 2.24. The average molecular weight is 369 g/mol. The van der Waals surface area contributed by atoms with Crippen LogP contribution in [0.25, 0.3) is 0 Å². The Balaban J connectivity index is 1.59. The van der Waals surface area contributed by atoms with Gasteiger partial charge in [-0.05, 0) is 55.7 Å². The van der Waals surface area contributed by atoms with Crippen LogP contribution in [0.15, 0.2) is 18.2 Å². The van der Waals surface area contributed by atoms with E-state index in [2.05, 4.69) is 31.3 Å². The molecule has 5 heteroatoms. The lowest BCUT2D eigenvalue weighted by Gasteiger charge is -2.17. The number of benzene rings is 1. The monoisotopic (exact) mass is 368 g/mol. The molecule has 0 saturated carbocycles. The fourth-order valence-electron chi connectivity index (χ4n) is 3.38. The molecule has 1 aromatic carbocycles. The van der Waals surface area contributed by atoms with Crippen LogP contribution in [0.4, 0.5) is 5.00 Å². The van der Waals surface area contributed by atoms with E-state index in [0.717, 1.165) is 36.0 Å². The molecule has 26 heavy (non-hydrogen) atoms. The first-order chi connectivity index (χ1) is 12.5. The van der Waals surface area contributed by atoms with Gasteiger partial charge in [0.1, 0.15) is 17.7 Å². The number of hydrogen-bond donors (Lipinski definition) is 1. The Kier molecular flexibility index (Phi) is 5.75. The minimum atomic E-state index is -0.210. The van der Waals surface area contributed by atoms with Crippen molar-refractivity contribution in [3.8, 4) is 6.07 Å². The van der Waals surface area contributed by atoms with E-state index in [9.17, 15) is 10.1 Å². The number of thiophene rings is 1. The van der Waals surface area contributed by atoms with Gasteiger partial charge in [0.05, 0.1) is 12.2 Å². The molecule has 1 aliphatic rings. The van der Waals surface area contributed by atoms with Gasteiger partial charge in [0.2, 0.25) is 0 Å². The van der Waals surface area contributed by atoms with E-state index >= 15 is 0 Å². The minimum absolute atomic E-state index is 0.0167. The maximum Gasteiger partial charge on any atom is 0.251 e. The molecule has 1 atom stereocenters. The summed E-state index contributed by atoms with van der Waals surface area (Å²) in [7, 11) is 0. The van der Waals surface area contributed by atoms with Crippen molar-refractivity contribution in [1.82, 2.24) is 0 Å². The summed E-state index contributed by atoms with van der Waals surface area (Å²) in [6.45, 7) is 6.72. The molecule has 2 aromatic rings. The Bertz CT molecular complexity index is 864. The molecule has 0 aliphatic heterocycles. The molecular weight excluding hydrogens is 344 g/mol. The minimum Gasteiger partial charge on any atom is -0.367 e. The highest BCUT2D eigenvalue weighted by atomic mass is 32.1. The van der Waals surface area contributed by atoms with E-state index in [4.69, 9.17) is 4.74 Å². The molecule has 0 fully saturated rings. The molecule has 0 radical (unpaired) electrons. The van der Waals surface area contributed by atoms with E-state index in [1.54, 1.807) is 11.3 Å². The fraction of sp³-hybridized carbons (Fsp3) is 0.429. The number of carbonyl (C=O) groups is 1. The van der Waals surface area contributed by atoms with Crippen molar-refractivity contribution in [2.45, 2.75) is 46.6 Å². The van der Waals surface area contributed by atoms with Gasteiger partial charge in [-0.25, -0.2) is 0 Å². The Morgan fingerprint density at radius 1 is 1.42 bits per heavy atom. The third-order valence-electron chi connectivity index (χ3n) is 4.87. The van der Waals surface area contributed by atoms with Crippen molar-refractivity contribution in [2.24, 2.45) is 5.92 Å². The van der Waals surface area contributed by atoms with E-state index in [1.807, 2.05) is 19.1 Å². The number of anilines is 1. The molecule has 1 amide bonds. The van der Waals surface area contributed by atoms with Crippen LogP contribution in [-0.2, 0) is 29.0 Å². The first-order valence-electron chi connectivity index (χ1n) is 8.96. The summed E-state index contributed by atoms with van der Waals surface area (Å²) in [5, 5.41) is 13.0. The molecule has 1 aromatic heterocycles. The lowest BCUT2D eigenvalue weighted by Crippen LogP contribution is -2.18. The normalized spacial score (nSPS) is 16.0. The molecule has 3 rings (SSSR count). The third-order valence-corrected chi connectivity index (χ3v) is 6.04. The van der Waals surface area contributed by atoms with Crippen molar-refractivity contribution >= 4 is 22.2 Å². The number of ether oxygens (including phenoxy) is 1. The van der Waals surface area contributed by atoms with Gasteiger partial charge in [0, 0.05) is 4.88 Å². The van der Waals surface area contributed by atoms with Gasteiger partial charge in [-0.2, -0.15) is 5.26 Å². The number of carbonyl (C=O) groups excluding carboxylic acids is 1. The second-order valence-corrected chi connectivity index (χ2v) is 8.24. The van der Waals surface area contributed by atoms with Crippen LogP contribution >= 0.6 is 11.3 Å². The van der Waals surface area contributed by atoms with Gasteiger partial charge in [-0.3, -0.25) is 4.79 Å². The predicted octanol–water partition coefficient (Wildman–Crippen LogP) is 4.52. The number of rotatable bonds is 5. The molecule has 1 heterocycles. The number of aryl methyl sites for hydroxylation is 2. The van der Waals surface area contributed by atoms with E-state index in [0.29, 0.717) is 23.1 Å². The molecule has 1 aliphatic carbocycles. The van der Waals surface area contributed by atoms with Crippen LogP contribution in [0.3, 0.4) is 0 Å². The zero-order valence-electron chi connectivity index (χ0n) is 15.5. The topological polar surface area (TPSA) is 62.1 Å². The Morgan fingerprint density at radius 2 is 2.23 bits per heavy atom. The first-order valence-corrected chi connectivity index (χ1v) is 9.78. The van der Waals surface area contributed by atoms with Gasteiger partial charge in [-0.1, -0.05) is 30.7 Å². The molecule has 0 spiro atoms. The van der Waals surface area contributed by atoms with Crippen molar-refractivity contribution in [3.05, 3.63) is 50.9 Å². The quantitative estimate of drug-likeness (QED) is 0.844. The van der Waals surface area contributed by atoms with Crippen molar-refractivity contribution in [2.75, 3.05) is 11.9 Å². The zero-order valence-corrected chi connectivity index (χ0v) is 16.3. The SMILES string of the molecule is Cc1ccc(COCC(=O)Nc2sc3c(c2C#N)CCC(C)C3)c(C)c1. The summed E-state index contributed by atoms with van der Waals surface area (Å²) in [5.74, 6) is 0.426. The smallest absolute Gasteiger partial charge is 0.251 e. The van der Waals surface area contributed by atoms with Gasteiger partial charge >= 0.3 is 0 Å². The number of nitrogens with zero attached hydrogens (tertiary/aromatic N) is 1. The van der Waals surface area contributed by atoms with Crippen LogP contribution in [0, 0.1) is 31.1 Å². The Labute approximate surface area is 158 Å². The Hall–Kier alpha value is -2.16. The highest BCUT2D eigenvalue weighted by molar-refractivity contribution is 7.16. The number of amides is 1. The van der Waals surface area contributed by atoms with Crippen LogP contribution in [0.5, 0.6) is 0 Å². The van der Waals surface area contributed by atoms with Crippen molar-refractivity contribution in [1.29, 1.82) is 5.26 Å². The maximum atomic E-state index is 12.2. The summed E-state index contributed by atoms with van der Waals surface area (Å²) >= 11 is 1.54. The second-order valence-electron chi connectivity index (χ2n) is 7.14. The van der Waals surface area contributed by atoms with Gasteiger partial charge in [-0.15, -0.1) is 11.3 Å². The zero-order chi connectivity index (χ0) is 18.7. The van der Waals surface area contributed by atoms with Crippen LogP contribution in [0.2, 0.25) is 0 Å². The summed E-state index contributed by atoms with van der Waals surface area (Å²) in [5.41, 5.74) is 5.23. The average Bonchev–Trinajstić information content (AvgIpc) is 2.92. The van der Waals surface area contributed by atoms with E-state index < -0.39 is 0 Å². The number of fused-ring (bicyclic) bond motifs is 1. The highest BCUT2D eigenvalue weighted by Crippen LogP contribution is 2.39. The molecule has 0 saturated heterocycles. The summed E-state index contributed by atoms with van der Waals surface area (Å²) in [6, 6.07) is 8.46.